The minimum Gasteiger partial charge on any atom is -0.489 e. The van der Waals surface area contributed by atoms with Crippen molar-refractivity contribution in [1.29, 1.82) is 0 Å². The number of benzene rings is 1. The van der Waals surface area contributed by atoms with Gasteiger partial charge in [-0.3, -0.25) is 4.79 Å². The van der Waals surface area contributed by atoms with Gasteiger partial charge in [0.2, 0.25) is 0 Å². The second-order valence-electron chi connectivity index (χ2n) is 4.80. The van der Waals surface area contributed by atoms with E-state index in [4.69, 9.17) is 9.47 Å². The lowest BCUT2D eigenvalue weighted by atomic mass is 10.1. The molecule has 3 rings (SSSR count). The van der Waals surface area contributed by atoms with Crippen molar-refractivity contribution < 1.29 is 14.3 Å². The quantitative estimate of drug-likeness (QED) is 0.679. The molecule has 0 amide bonds. The van der Waals surface area contributed by atoms with E-state index in [0.29, 0.717) is 17.9 Å². The standard InChI is InChI=1S/C13H14O3/c1-9(14)10-2-3-11-12(6-10)16-8-13(4-5-13)7-15-11/h2-3,6H,4-5,7-8H2,1H3. The molecule has 3 nitrogen and oxygen atoms in total. The summed E-state index contributed by atoms with van der Waals surface area (Å²) >= 11 is 0. The zero-order valence-electron chi connectivity index (χ0n) is 9.29. The van der Waals surface area contributed by atoms with E-state index in [1.807, 2.05) is 6.07 Å². The van der Waals surface area contributed by atoms with Crippen LogP contribution in [0, 0.1) is 5.41 Å². The van der Waals surface area contributed by atoms with Gasteiger partial charge in [-0.25, -0.2) is 0 Å². The zero-order chi connectivity index (χ0) is 11.2. The van der Waals surface area contributed by atoms with Gasteiger partial charge >= 0.3 is 0 Å². The van der Waals surface area contributed by atoms with Crippen molar-refractivity contribution in [2.45, 2.75) is 19.8 Å². The molecule has 84 valence electrons. The Morgan fingerprint density at radius 1 is 1.19 bits per heavy atom. The Kier molecular flexibility index (Phi) is 1.96. The predicted molar refractivity (Wildman–Crippen MR) is 59.1 cm³/mol. The van der Waals surface area contributed by atoms with Crippen LogP contribution in [0.4, 0.5) is 0 Å². The molecular formula is C13H14O3. The lowest BCUT2D eigenvalue weighted by molar-refractivity contribution is 0.101. The summed E-state index contributed by atoms with van der Waals surface area (Å²) in [7, 11) is 0. The Hall–Kier alpha value is -1.51. The molecule has 1 aliphatic carbocycles. The van der Waals surface area contributed by atoms with Crippen molar-refractivity contribution in [2.24, 2.45) is 5.41 Å². The highest BCUT2D eigenvalue weighted by Gasteiger charge is 2.46. The number of fused-ring (bicyclic) bond motifs is 1. The monoisotopic (exact) mass is 218 g/mol. The third-order valence-electron chi connectivity index (χ3n) is 3.38. The van der Waals surface area contributed by atoms with E-state index in [1.165, 1.54) is 12.8 Å². The maximum Gasteiger partial charge on any atom is 0.161 e. The molecular weight excluding hydrogens is 204 g/mol. The first-order valence-corrected chi connectivity index (χ1v) is 5.59. The number of hydrogen-bond donors (Lipinski definition) is 0. The van der Waals surface area contributed by atoms with Crippen molar-refractivity contribution in [3.8, 4) is 11.5 Å². The van der Waals surface area contributed by atoms with E-state index in [1.54, 1.807) is 19.1 Å². The first-order valence-electron chi connectivity index (χ1n) is 5.59. The number of Topliss-reactive ketones (excluding diaryl/α,β-unsaturated/α-hetero) is 1. The van der Waals surface area contributed by atoms with Crippen molar-refractivity contribution >= 4 is 5.78 Å². The third-order valence-corrected chi connectivity index (χ3v) is 3.38. The van der Waals surface area contributed by atoms with Crippen LogP contribution in [-0.2, 0) is 0 Å². The van der Waals surface area contributed by atoms with Crippen molar-refractivity contribution in [2.75, 3.05) is 13.2 Å². The number of carbonyl (C=O) groups excluding carboxylic acids is 1. The molecule has 0 saturated heterocycles. The second-order valence-corrected chi connectivity index (χ2v) is 4.80. The molecule has 16 heavy (non-hydrogen) atoms. The van der Waals surface area contributed by atoms with Crippen molar-refractivity contribution in [3.63, 3.8) is 0 Å². The van der Waals surface area contributed by atoms with Gasteiger partial charge in [-0.05, 0) is 38.0 Å². The maximum absolute atomic E-state index is 11.3. The van der Waals surface area contributed by atoms with Gasteiger partial charge in [0.15, 0.2) is 17.3 Å². The van der Waals surface area contributed by atoms with Crippen molar-refractivity contribution in [3.05, 3.63) is 23.8 Å². The van der Waals surface area contributed by atoms with Gasteiger partial charge in [0.1, 0.15) is 0 Å². The van der Waals surface area contributed by atoms with Crippen LogP contribution in [0.3, 0.4) is 0 Å². The molecule has 1 spiro atoms. The van der Waals surface area contributed by atoms with E-state index >= 15 is 0 Å². The lowest BCUT2D eigenvalue weighted by Crippen LogP contribution is -2.17. The molecule has 1 fully saturated rings. The van der Waals surface area contributed by atoms with Gasteiger partial charge in [-0.2, -0.15) is 0 Å². The van der Waals surface area contributed by atoms with Crippen LogP contribution >= 0.6 is 0 Å². The predicted octanol–water partition coefficient (Wildman–Crippen LogP) is 2.44. The van der Waals surface area contributed by atoms with Crippen LogP contribution in [0.25, 0.3) is 0 Å². The SMILES string of the molecule is CC(=O)c1ccc2c(c1)OCC1(CC1)CO2. The number of rotatable bonds is 1. The van der Waals surface area contributed by atoms with E-state index < -0.39 is 0 Å². The fourth-order valence-corrected chi connectivity index (χ4v) is 1.93. The van der Waals surface area contributed by atoms with Crippen LogP contribution in [0.15, 0.2) is 18.2 Å². The van der Waals surface area contributed by atoms with Gasteiger partial charge in [0, 0.05) is 11.0 Å². The third kappa shape index (κ3) is 1.56. The number of hydrogen-bond acceptors (Lipinski definition) is 3. The van der Waals surface area contributed by atoms with Crippen LogP contribution in [0.1, 0.15) is 30.1 Å². The molecule has 0 atom stereocenters. The molecule has 0 bridgehead atoms. The van der Waals surface area contributed by atoms with Crippen LogP contribution in [0.5, 0.6) is 11.5 Å². The highest BCUT2D eigenvalue weighted by molar-refractivity contribution is 5.94. The summed E-state index contributed by atoms with van der Waals surface area (Å²) in [5.41, 5.74) is 0.921. The summed E-state index contributed by atoms with van der Waals surface area (Å²) in [4.78, 5) is 11.3. The normalized spacial score (nSPS) is 20.3. The maximum atomic E-state index is 11.3. The largest absolute Gasteiger partial charge is 0.489 e. The Morgan fingerprint density at radius 3 is 2.50 bits per heavy atom. The Bertz CT molecular complexity index is 446. The number of ether oxygens (including phenoxy) is 2. The summed E-state index contributed by atoms with van der Waals surface area (Å²) in [6.45, 7) is 3.00. The minimum absolute atomic E-state index is 0.0526. The molecule has 0 aromatic heterocycles. The first-order chi connectivity index (χ1) is 7.69. The smallest absolute Gasteiger partial charge is 0.161 e. The highest BCUT2D eigenvalue weighted by atomic mass is 16.5. The summed E-state index contributed by atoms with van der Waals surface area (Å²) in [5, 5.41) is 0. The van der Waals surface area contributed by atoms with Gasteiger partial charge in [-0.15, -0.1) is 0 Å². The van der Waals surface area contributed by atoms with Crippen LogP contribution in [0.2, 0.25) is 0 Å². The topological polar surface area (TPSA) is 35.5 Å². The average molecular weight is 218 g/mol. The molecule has 3 heteroatoms. The van der Waals surface area contributed by atoms with Gasteiger partial charge < -0.3 is 9.47 Å². The fraction of sp³-hybridized carbons (Fsp3) is 0.462. The summed E-state index contributed by atoms with van der Waals surface area (Å²) in [6.07, 6.45) is 2.36. The molecule has 2 aliphatic rings. The second kappa shape index (κ2) is 3.24. The zero-order valence-corrected chi connectivity index (χ0v) is 9.29. The molecule has 1 aliphatic heterocycles. The van der Waals surface area contributed by atoms with Crippen LogP contribution < -0.4 is 9.47 Å². The van der Waals surface area contributed by atoms with Gasteiger partial charge in [0.05, 0.1) is 13.2 Å². The average Bonchev–Trinajstić information content (AvgIpc) is 3.07. The van der Waals surface area contributed by atoms with Gasteiger partial charge in [-0.1, -0.05) is 0 Å². The summed E-state index contributed by atoms with van der Waals surface area (Å²) in [5.74, 6) is 1.52. The molecule has 0 unspecified atom stereocenters. The molecule has 1 saturated carbocycles. The first kappa shape index (κ1) is 9.70. The van der Waals surface area contributed by atoms with E-state index in [2.05, 4.69) is 0 Å². The summed E-state index contributed by atoms with van der Waals surface area (Å²) in [6, 6.07) is 5.39. The molecule has 1 heterocycles. The summed E-state index contributed by atoms with van der Waals surface area (Å²) < 4.78 is 11.5. The Labute approximate surface area is 94.4 Å². The van der Waals surface area contributed by atoms with Crippen molar-refractivity contribution in [1.82, 2.24) is 0 Å². The lowest BCUT2D eigenvalue weighted by Gasteiger charge is -2.08. The number of carbonyl (C=O) groups is 1. The van der Waals surface area contributed by atoms with Crippen LogP contribution in [-0.4, -0.2) is 19.0 Å². The minimum atomic E-state index is 0.0526. The Morgan fingerprint density at radius 2 is 1.88 bits per heavy atom. The molecule has 1 aromatic carbocycles. The number of ketones is 1. The highest BCUT2D eigenvalue weighted by Crippen LogP contribution is 2.49. The molecule has 0 N–H and O–H groups in total. The molecule has 1 aromatic rings. The van der Waals surface area contributed by atoms with E-state index in [9.17, 15) is 4.79 Å². The van der Waals surface area contributed by atoms with E-state index in [-0.39, 0.29) is 11.2 Å². The fourth-order valence-electron chi connectivity index (χ4n) is 1.93. The molecule has 0 radical (unpaired) electrons. The van der Waals surface area contributed by atoms with Gasteiger partial charge in [0.25, 0.3) is 0 Å². The Balaban J connectivity index is 1.92. The van der Waals surface area contributed by atoms with E-state index in [0.717, 1.165) is 12.4 Å².